The van der Waals surface area contributed by atoms with Crippen molar-refractivity contribution in [3.05, 3.63) is 28.9 Å². The number of anilines is 1. The summed E-state index contributed by atoms with van der Waals surface area (Å²) in [4.78, 5) is 23.8. The second kappa shape index (κ2) is 5.31. The summed E-state index contributed by atoms with van der Waals surface area (Å²) >= 11 is 5.78. The third-order valence-electron chi connectivity index (χ3n) is 3.94. The number of nitrogens with one attached hydrogen (secondary N) is 2. The highest BCUT2D eigenvalue weighted by molar-refractivity contribution is 6.29. The molecule has 9 heteroatoms. The lowest BCUT2D eigenvalue weighted by molar-refractivity contribution is 0.0741. The molecule has 4 heterocycles. The molecule has 0 radical (unpaired) electrons. The first-order chi connectivity index (χ1) is 11.1. The Morgan fingerprint density at radius 3 is 2.74 bits per heavy atom. The van der Waals surface area contributed by atoms with Crippen LogP contribution in [0.1, 0.15) is 16.3 Å². The van der Waals surface area contributed by atoms with E-state index >= 15 is 0 Å². The number of aryl methyl sites for hydroxylation is 1. The predicted molar refractivity (Wildman–Crippen MR) is 84.8 cm³/mol. The van der Waals surface area contributed by atoms with Gasteiger partial charge in [-0.25, -0.2) is 0 Å². The lowest BCUT2D eigenvalue weighted by Gasteiger charge is -2.33. The Labute approximate surface area is 136 Å². The third-order valence-corrected chi connectivity index (χ3v) is 4.13. The lowest BCUT2D eigenvalue weighted by atomic mass is 10.3. The molecule has 0 saturated carbocycles. The molecular formula is C14H15ClN6O2. The van der Waals surface area contributed by atoms with Crippen LogP contribution in [0.25, 0.3) is 11.1 Å². The number of hydrogen-bond acceptors (Lipinski definition) is 5. The molecule has 1 saturated heterocycles. The van der Waals surface area contributed by atoms with Gasteiger partial charge in [0, 0.05) is 38.3 Å². The highest BCUT2D eigenvalue weighted by atomic mass is 35.5. The Morgan fingerprint density at radius 1 is 1.30 bits per heavy atom. The summed E-state index contributed by atoms with van der Waals surface area (Å²) in [5, 5.41) is 7.29. The van der Waals surface area contributed by atoms with Crippen molar-refractivity contribution < 1.29 is 9.21 Å². The van der Waals surface area contributed by atoms with Crippen molar-refractivity contribution in [2.45, 2.75) is 6.92 Å². The molecule has 0 aromatic carbocycles. The number of carbonyl (C=O) groups excluding carboxylic acids is 1. The number of H-pyrrole nitrogens is 2. The van der Waals surface area contributed by atoms with Gasteiger partial charge in [-0.3, -0.25) is 9.89 Å². The smallest absolute Gasteiger partial charge is 0.270 e. The highest BCUT2D eigenvalue weighted by Crippen LogP contribution is 2.24. The van der Waals surface area contributed by atoms with E-state index in [-0.39, 0.29) is 5.91 Å². The summed E-state index contributed by atoms with van der Waals surface area (Å²) in [6.45, 7) is 4.50. The normalized spacial score (nSPS) is 15.6. The van der Waals surface area contributed by atoms with Crippen molar-refractivity contribution in [2.24, 2.45) is 0 Å². The summed E-state index contributed by atoms with van der Waals surface area (Å²) in [7, 11) is 0. The van der Waals surface area contributed by atoms with Gasteiger partial charge in [-0.1, -0.05) is 0 Å². The van der Waals surface area contributed by atoms with Gasteiger partial charge in [0.2, 0.25) is 5.95 Å². The third kappa shape index (κ3) is 2.55. The minimum atomic E-state index is -0.0432. The van der Waals surface area contributed by atoms with Crippen LogP contribution in [0.15, 0.2) is 16.5 Å². The van der Waals surface area contributed by atoms with Gasteiger partial charge >= 0.3 is 0 Å². The monoisotopic (exact) mass is 334 g/mol. The maximum absolute atomic E-state index is 12.6. The molecule has 1 aliphatic rings. The second-order valence-corrected chi connectivity index (χ2v) is 5.88. The van der Waals surface area contributed by atoms with Gasteiger partial charge < -0.3 is 19.2 Å². The SMILES string of the molecule is Cc1nc(N2CCN(C(=O)c3cc4oc(Cl)cc4[nH]3)CC2)n[nH]1. The van der Waals surface area contributed by atoms with Crippen LogP contribution in [0.3, 0.4) is 0 Å². The fourth-order valence-electron chi connectivity index (χ4n) is 2.76. The molecule has 3 aromatic rings. The average molecular weight is 335 g/mol. The van der Waals surface area contributed by atoms with Crippen molar-refractivity contribution in [2.75, 3.05) is 31.1 Å². The maximum atomic E-state index is 12.6. The maximum Gasteiger partial charge on any atom is 0.270 e. The van der Waals surface area contributed by atoms with Gasteiger partial charge in [0.15, 0.2) is 10.8 Å². The standard InChI is InChI=1S/C14H15ClN6O2/c1-8-16-14(19-18-8)21-4-2-20(3-5-21)13(22)10-6-11-9(17-10)7-12(15)23-11/h6-7,17H,2-5H2,1H3,(H,16,18,19). The molecule has 0 spiro atoms. The van der Waals surface area contributed by atoms with Crippen LogP contribution in [0.4, 0.5) is 5.95 Å². The van der Waals surface area contributed by atoms with Gasteiger partial charge in [-0.15, -0.1) is 5.10 Å². The molecular weight excluding hydrogens is 320 g/mol. The van der Waals surface area contributed by atoms with E-state index in [1.165, 1.54) is 0 Å². The van der Waals surface area contributed by atoms with Crippen LogP contribution in [-0.4, -0.2) is 57.2 Å². The molecule has 1 aliphatic heterocycles. The first-order valence-electron chi connectivity index (χ1n) is 7.31. The summed E-state index contributed by atoms with van der Waals surface area (Å²) in [5.74, 6) is 1.42. The van der Waals surface area contributed by atoms with E-state index in [1.54, 1.807) is 12.1 Å². The number of nitrogens with zero attached hydrogens (tertiary/aromatic N) is 4. The molecule has 1 fully saturated rings. The van der Waals surface area contributed by atoms with Crippen LogP contribution in [0, 0.1) is 6.92 Å². The Bertz CT molecular complexity index is 826. The molecule has 8 nitrogen and oxygen atoms in total. The van der Waals surface area contributed by atoms with Crippen LogP contribution >= 0.6 is 11.6 Å². The average Bonchev–Trinajstić information content (AvgIpc) is 3.21. The molecule has 1 amide bonds. The summed E-state index contributed by atoms with van der Waals surface area (Å²) in [6.07, 6.45) is 0. The van der Waals surface area contributed by atoms with Crippen LogP contribution in [-0.2, 0) is 0 Å². The minimum absolute atomic E-state index is 0.0432. The van der Waals surface area contributed by atoms with Gasteiger partial charge in [-0.2, -0.15) is 4.98 Å². The Kier molecular flexibility index (Phi) is 3.26. The lowest BCUT2D eigenvalue weighted by Crippen LogP contribution is -2.49. The fraction of sp³-hybridized carbons (Fsp3) is 0.357. The van der Waals surface area contributed by atoms with Crippen molar-refractivity contribution in [1.82, 2.24) is 25.1 Å². The zero-order valence-electron chi connectivity index (χ0n) is 12.5. The summed E-state index contributed by atoms with van der Waals surface area (Å²) in [5.41, 5.74) is 1.83. The second-order valence-electron chi connectivity index (χ2n) is 5.51. The fourth-order valence-corrected chi connectivity index (χ4v) is 2.95. The number of aromatic amines is 2. The molecule has 0 atom stereocenters. The van der Waals surface area contributed by atoms with E-state index < -0.39 is 0 Å². The number of rotatable bonds is 2. The Morgan fingerprint density at radius 2 is 2.09 bits per heavy atom. The van der Waals surface area contributed by atoms with Crippen molar-refractivity contribution in [3.63, 3.8) is 0 Å². The molecule has 0 bridgehead atoms. The summed E-state index contributed by atoms with van der Waals surface area (Å²) < 4.78 is 5.30. The Balaban J connectivity index is 1.44. The first-order valence-corrected chi connectivity index (χ1v) is 7.69. The van der Waals surface area contributed by atoms with E-state index in [0.717, 1.165) is 11.3 Å². The summed E-state index contributed by atoms with van der Waals surface area (Å²) in [6, 6.07) is 3.35. The number of piperazine rings is 1. The zero-order valence-corrected chi connectivity index (χ0v) is 13.2. The molecule has 0 aliphatic carbocycles. The topological polar surface area (TPSA) is 94.1 Å². The van der Waals surface area contributed by atoms with E-state index in [2.05, 4.69) is 25.1 Å². The van der Waals surface area contributed by atoms with Crippen molar-refractivity contribution in [3.8, 4) is 0 Å². The number of hydrogen-bond donors (Lipinski definition) is 2. The molecule has 4 rings (SSSR count). The van der Waals surface area contributed by atoms with Crippen LogP contribution in [0.2, 0.25) is 5.22 Å². The van der Waals surface area contributed by atoms with Crippen LogP contribution in [0.5, 0.6) is 0 Å². The van der Waals surface area contributed by atoms with Crippen molar-refractivity contribution >= 4 is 34.6 Å². The largest absolute Gasteiger partial charge is 0.443 e. The van der Waals surface area contributed by atoms with E-state index in [4.69, 9.17) is 16.0 Å². The van der Waals surface area contributed by atoms with Crippen molar-refractivity contribution in [1.29, 1.82) is 0 Å². The molecule has 120 valence electrons. The number of halogens is 1. The number of carbonyl (C=O) groups is 1. The number of aromatic nitrogens is 4. The van der Waals surface area contributed by atoms with E-state index in [1.807, 2.05) is 11.8 Å². The number of furan rings is 1. The van der Waals surface area contributed by atoms with Gasteiger partial charge in [0.05, 0.1) is 5.52 Å². The molecule has 23 heavy (non-hydrogen) atoms. The van der Waals surface area contributed by atoms with Gasteiger partial charge in [0.25, 0.3) is 5.91 Å². The quantitative estimate of drug-likeness (QED) is 0.745. The zero-order chi connectivity index (χ0) is 16.0. The van der Waals surface area contributed by atoms with Gasteiger partial charge in [-0.05, 0) is 18.5 Å². The number of amides is 1. The molecule has 2 N–H and O–H groups in total. The number of fused-ring (bicyclic) bond motifs is 1. The molecule has 3 aromatic heterocycles. The molecule has 0 unspecified atom stereocenters. The van der Waals surface area contributed by atoms with E-state index in [0.29, 0.717) is 48.6 Å². The first kappa shape index (κ1) is 14.1. The van der Waals surface area contributed by atoms with Crippen LogP contribution < -0.4 is 4.90 Å². The minimum Gasteiger partial charge on any atom is -0.443 e. The van der Waals surface area contributed by atoms with E-state index in [9.17, 15) is 4.79 Å². The highest BCUT2D eigenvalue weighted by Gasteiger charge is 2.25. The Hall–Kier alpha value is -2.48. The van der Waals surface area contributed by atoms with Gasteiger partial charge in [0.1, 0.15) is 11.5 Å². The predicted octanol–water partition coefficient (Wildman–Crippen LogP) is 1.80.